The third-order valence-electron chi connectivity index (χ3n) is 6.04. The summed E-state index contributed by atoms with van der Waals surface area (Å²) in [4.78, 5) is 53.0. The van der Waals surface area contributed by atoms with E-state index in [1.54, 1.807) is 24.3 Å². The first-order chi connectivity index (χ1) is 17.1. The Bertz CT molecular complexity index is 1100. The van der Waals surface area contributed by atoms with E-state index in [2.05, 4.69) is 16.0 Å². The zero-order valence-corrected chi connectivity index (χ0v) is 21.0. The van der Waals surface area contributed by atoms with Crippen LogP contribution in [0.2, 0.25) is 0 Å². The third kappa shape index (κ3) is 6.41. The fourth-order valence-corrected chi connectivity index (χ4v) is 4.34. The lowest BCUT2D eigenvalue weighted by Crippen LogP contribution is -2.60. The lowest BCUT2D eigenvalue weighted by molar-refractivity contribution is -0.142. The zero-order chi connectivity index (χ0) is 26.4. The number of anilines is 2. The Kier molecular flexibility index (Phi) is 8.68. The number of para-hydroxylation sites is 2. The highest BCUT2D eigenvalue weighted by atomic mass is 16.4. The molecular formula is C27H34N4O5. The van der Waals surface area contributed by atoms with Crippen LogP contribution in [0.5, 0.6) is 0 Å². The van der Waals surface area contributed by atoms with Crippen LogP contribution >= 0.6 is 0 Å². The minimum Gasteiger partial charge on any atom is -0.480 e. The van der Waals surface area contributed by atoms with Gasteiger partial charge >= 0.3 is 12.0 Å². The fourth-order valence-electron chi connectivity index (χ4n) is 4.34. The van der Waals surface area contributed by atoms with Crippen molar-refractivity contribution in [2.24, 2.45) is 11.8 Å². The molecular weight excluding hydrogens is 460 g/mol. The molecule has 0 aromatic heterocycles. The standard InChI is InChI=1S/C27H34N4O5/c1-16(2)14-21(26(34)35)29-24(32)20(15-18-10-6-5-7-11-18)30-27(36)31-22-13-9-8-12-19(22)28-25(33)23(31)17(3)4/h5-13,16-17,20-21,23H,14-15H2,1-4H3,(H,28,33)(H,29,32)(H,30,36)(H,34,35)/t20-,21+,23-/m1/s1. The van der Waals surface area contributed by atoms with Crippen LogP contribution in [0.15, 0.2) is 54.6 Å². The number of carboxylic acids is 1. The number of hydrogen-bond donors (Lipinski definition) is 4. The van der Waals surface area contributed by atoms with Crippen LogP contribution in [-0.2, 0) is 20.8 Å². The molecule has 3 rings (SSSR count). The Morgan fingerprint density at radius 2 is 1.58 bits per heavy atom. The van der Waals surface area contributed by atoms with Gasteiger partial charge in [0.1, 0.15) is 18.1 Å². The molecule has 0 aliphatic carbocycles. The molecule has 0 spiro atoms. The van der Waals surface area contributed by atoms with Crippen LogP contribution in [0.4, 0.5) is 16.2 Å². The minimum atomic E-state index is -1.14. The third-order valence-corrected chi connectivity index (χ3v) is 6.04. The Labute approximate surface area is 211 Å². The normalized spacial score (nSPS) is 16.7. The van der Waals surface area contributed by atoms with Crippen molar-refractivity contribution in [1.29, 1.82) is 0 Å². The molecule has 0 saturated heterocycles. The van der Waals surface area contributed by atoms with Crippen molar-refractivity contribution in [3.63, 3.8) is 0 Å². The molecule has 9 nitrogen and oxygen atoms in total. The molecule has 1 heterocycles. The molecule has 1 aliphatic rings. The van der Waals surface area contributed by atoms with Crippen molar-refractivity contribution in [3.8, 4) is 0 Å². The number of nitrogens with zero attached hydrogens (tertiary/aromatic N) is 1. The van der Waals surface area contributed by atoms with Crippen LogP contribution in [-0.4, -0.2) is 47.0 Å². The summed E-state index contributed by atoms with van der Waals surface area (Å²) in [5.74, 6) is -2.21. The predicted octanol–water partition coefficient (Wildman–Crippen LogP) is 3.41. The summed E-state index contributed by atoms with van der Waals surface area (Å²) in [5, 5.41) is 17.8. The Morgan fingerprint density at radius 3 is 2.19 bits per heavy atom. The quantitative estimate of drug-likeness (QED) is 0.425. The fraction of sp³-hybridized carbons (Fsp3) is 0.407. The zero-order valence-electron chi connectivity index (χ0n) is 21.0. The number of carbonyl (C=O) groups is 4. The van der Waals surface area contributed by atoms with Crippen molar-refractivity contribution in [1.82, 2.24) is 10.6 Å². The van der Waals surface area contributed by atoms with Crippen molar-refractivity contribution in [2.75, 3.05) is 10.2 Å². The number of benzene rings is 2. The van der Waals surface area contributed by atoms with Gasteiger partial charge in [0.2, 0.25) is 11.8 Å². The highest BCUT2D eigenvalue weighted by molar-refractivity contribution is 6.12. The second kappa shape index (κ2) is 11.7. The van der Waals surface area contributed by atoms with Gasteiger partial charge in [0.25, 0.3) is 0 Å². The van der Waals surface area contributed by atoms with Gasteiger partial charge in [-0.25, -0.2) is 9.59 Å². The number of urea groups is 1. The van der Waals surface area contributed by atoms with E-state index in [0.717, 1.165) is 5.56 Å². The van der Waals surface area contributed by atoms with Gasteiger partial charge in [0.05, 0.1) is 11.4 Å². The summed E-state index contributed by atoms with van der Waals surface area (Å²) in [6.07, 6.45) is 0.405. The van der Waals surface area contributed by atoms with Crippen molar-refractivity contribution in [3.05, 3.63) is 60.2 Å². The maximum atomic E-state index is 13.7. The first-order valence-electron chi connectivity index (χ1n) is 12.1. The average Bonchev–Trinajstić information content (AvgIpc) is 2.82. The van der Waals surface area contributed by atoms with E-state index >= 15 is 0 Å². The van der Waals surface area contributed by atoms with E-state index in [4.69, 9.17) is 0 Å². The summed E-state index contributed by atoms with van der Waals surface area (Å²) < 4.78 is 0. The molecule has 0 radical (unpaired) electrons. The first kappa shape index (κ1) is 26.7. The van der Waals surface area contributed by atoms with Gasteiger partial charge in [-0.3, -0.25) is 14.5 Å². The number of carboxylic acid groups (broad SMARTS) is 1. The van der Waals surface area contributed by atoms with Crippen LogP contribution in [0.25, 0.3) is 0 Å². The van der Waals surface area contributed by atoms with Gasteiger partial charge < -0.3 is 21.1 Å². The molecule has 0 bridgehead atoms. The van der Waals surface area contributed by atoms with Crippen molar-refractivity contribution in [2.45, 2.75) is 58.7 Å². The van der Waals surface area contributed by atoms with Crippen LogP contribution in [0, 0.1) is 11.8 Å². The van der Waals surface area contributed by atoms with E-state index in [1.807, 2.05) is 58.0 Å². The molecule has 9 heteroatoms. The molecule has 2 aromatic rings. The van der Waals surface area contributed by atoms with Crippen LogP contribution in [0.3, 0.4) is 0 Å². The van der Waals surface area contributed by atoms with Gasteiger partial charge in [-0.05, 0) is 36.0 Å². The lowest BCUT2D eigenvalue weighted by atomic mass is 9.97. The lowest BCUT2D eigenvalue weighted by Gasteiger charge is -2.39. The van der Waals surface area contributed by atoms with Crippen molar-refractivity contribution >= 4 is 35.2 Å². The van der Waals surface area contributed by atoms with Crippen LogP contribution in [0.1, 0.15) is 39.7 Å². The summed E-state index contributed by atoms with van der Waals surface area (Å²) in [6.45, 7) is 7.43. The number of aliphatic carboxylic acids is 1. The van der Waals surface area contributed by atoms with E-state index in [1.165, 1.54) is 4.90 Å². The molecule has 192 valence electrons. The highest BCUT2D eigenvalue weighted by Crippen LogP contribution is 2.34. The average molecular weight is 495 g/mol. The number of hydrogen-bond acceptors (Lipinski definition) is 4. The summed E-state index contributed by atoms with van der Waals surface area (Å²) in [7, 11) is 0. The number of rotatable bonds is 9. The van der Waals surface area contributed by atoms with Gasteiger partial charge in [0, 0.05) is 6.42 Å². The molecule has 2 aromatic carbocycles. The minimum absolute atomic E-state index is 0.0451. The Balaban J connectivity index is 1.92. The van der Waals surface area contributed by atoms with E-state index in [9.17, 15) is 24.3 Å². The number of carbonyl (C=O) groups excluding carboxylic acids is 3. The molecule has 36 heavy (non-hydrogen) atoms. The number of fused-ring (bicyclic) bond motifs is 1. The van der Waals surface area contributed by atoms with Crippen LogP contribution < -0.4 is 20.9 Å². The molecule has 0 saturated carbocycles. The largest absolute Gasteiger partial charge is 0.480 e. The number of amides is 4. The molecule has 3 atom stereocenters. The van der Waals surface area contributed by atoms with Gasteiger partial charge in [-0.15, -0.1) is 0 Å². The number of nitrogens with one attached hydrogen (secondary N) is 3. The summed E-state index contributed by atoms with van der Waals surface area (Å²) >= 11 is 0. The predicted molar refractivity (Wildman–Crippen MR) is 138 cm³/mol. The van der Waals surface area contributed by atoms with Gasteiger partial charge in [-0.1, -0.05) is 70.2 Å². The van der Waals surface area contributed by atoms with E-state index < -0.39 is 36.0 Å². The molecule has 4 N–H and O–H groups in total. The van der Waals surface area contributed by atoms with Gasteiger partial charge in [0.15, 0.2) is 0 Å². The molecule has 1 aliphatic heterocycles. The molecule has 4 amide bonds. The topological polar surface area (TPSA) is 128 Å². The second-order valence-corrected chi connectivity index (χ2v) is 9.79. The maximum Gasteiger partial charge on any atom is 0.326 e. The summed E-state index contributed by atoms with van der Waals surface area (Å²) in [6, 6.07) is 12.6. The maximum absolute atomic E-state index is 13.7. The Morgan fingerprint density at radius 1 is 0.944 bits per heavy atom. The monoisotopic (exact) mass is 494 g/mol. The Hall–Kier alpha value is -3.88. The van der Waals surface area contributed by atoms with Gasteiger partial charge in [-0.2, -0.15) is 0 Å². The summed E-state index contributed by atoms with van der Waals surface area (Å²) in [5.41, 5.74) is 1.82. The molecule has 0 unspecified atom stereocenters. The smallest absolute Gasteiger partial charge is 0.326 e. The first-order valence-corrected chi connectivity index (χ1v) is 12.1. The second-order valence-electron chi connectivity index (χ2n) is 9.79. The molecule has 0 fully saturated rings. The van der Waals surface area contributed by atoms with E-state index in [0.29, 0.717) is 11.4 Å². The SMILES string of the molecule is CC(C)C[C@H](NC(=O)[C@@H](Cc1ccccc1)NC(=O)N1c2ccccc2NC(=O)[C@H]1C(C)C)C(=O)O. The highest BCUT2D eigenvalue weighted by Gasteiger charge is 2.40. The van der Waals surface area contributed by atoms with Crippen molar-refractivity contribution < 1.29 is 24.3 Å². The van der Waals surface area contributed by atoms with E-state index in [-0.39, 0.29) is 30.6 Å².